The van der Waals surface area contributed by atoms with Crippen molar-refractivity contribution in [3.63, 3.8) is 0 Å². The van der Waals surface area contributed by atoms with E-state index in [2.05, 4.69) is 5.32 Å². The standard InChI is InChI=1S/C14H20FNO2/c1-16-12(14-4-3-7-18-14)9-10-5-6-13(17-2)11(15)8-10/h5-6,8,12,14,16H,3-4,7,9H2,1-2H3. The van der Waals surface area contributed by atoms with E-state index in [9.17, 15) is 4.39 Å². The van der Waals surface area contributed by atoms with E-state index in [4.69, 9.17) is 9.47 Å². The summed E-state index contributed by atoms with van der Waals surface area (Å²) >= 11 is 0. The zero-order valence-corrected chi connectivity index (χ0v) is 10.9. The van der Waals surface area contributed by atoms with Gasteiger partial charge >= 0.3 is 0 Å². The van der Waals surface area contributed by atoms with Crippen LogP contribution in [0, 0.1) is 5.82 Å². The maximum absolute atomic E-state index is 13.6. The molecular weight excluding hydrogens is 233 g/mol. The van der Waals surface area contributed by atoms with Gasteiger partial charge in [0.2, 0.25) is 0 Å². The number of methoxy groups -OCH3 is 1. The third kappa shape index (κ3) is 3.00. The van der Waals surface area contributed by atoms with Gasteiger partial charge in [-0.3, -0.25) is 0 Å². The molecule has 1 heterocycles. The number of hydrogen-bond acceptors (Lipinski definition) is 3. The fraction of sp³-hybridized carbons (Fsp3) is 0.571. The summed E-state index contributed by atoms with van der Waals surface area (Å²) in [4.78, 5) is 0. The summed E-state index contributed by atoms with van der Waals surface area (Å²) in [7, 11) is 3.40. The summed E-state index contributed by atoms with van der Waals surface area (Å²) in [6, 6.07) is 5.35. The van der Waals surface area contributed by atoms with Crippen LogP contribution < -0.4 is 10.1 Å². The average Bonchev–Trinajstić information content (AvgIpc) is 2.90. The molecule has 1 aliphatic heterocycles. The van der Waals surface area contributed by atoms with Crippen LogP contribution in [0.3, 0.4) is 0 Å². The summed E-state index contributed by atoms with van der Waals surface area (Å²) < 4.78 is 24.2. The molecule has 1 aromatic carbocycles. The molecule has 18 heavy (non-hydrogen) atoms. The van der Waals surface area contributed by atoms with Crippen molar-refractivity contribution in [1.29, 1.82) is 0 Å². The highest BCUT2D eigenvalue weighted by Crippen LogP contribution is 2.22. The van der Waals surface area contributed by atoms with Crippen LogP contribution in [0.15, 0.2) is 18.2 Å². The van der Waals surface area contributed by atoms with Gasteiger partial charge in [-0.05, 0) is 44.0 Å². The van der Waals surface area contributed by atoms with Gasteiger partial charge in [-0.2, -0.15) is 0 Å². The largest absolute Gasteiger partial charge is 0.494 e. The lowest BCUT2D eigenvalue weighted by Crippen LogP contribution is -2.39. The molecule has 3 nitrogen and oxygen atoms in total. The zero-order valence-electron chi connectivity index (χ0n) is 10.9. The molecule has 0 spiro atoms. The second-order valence-corrected chi connectivity index (χ2v) is 4.62. The Balaban J connectivity index is 2.04. The van der Waals surface area contributed by atoms with Gasteiger partial charge in [0, 0.05) is 12.6 Å². The Morgan fingerprint density at radius 1 is 1.56 bits per heavy atom. The van der Waals surface area contributed by atoms with Crippen molar-refractivity contribution < 1.29 is 13.9 Å². The van der Waals surface area contributed by atoms with Gasteiger partial charge in [-0.25, -0.2) is 4.39 Å². The van der Waals surface area contributed by atoms with Crippen molar-refractivity contribution in [2.75, 3.05) is 20.8 Å². The minimum absolute atomic E-state index is 0.236. The Bertz CT molecular complexity index is 391. The molecule has 0 saturated carbocycles. The Kier molecular flexibility index (Phi) is 4.55. The first-order valence-electron chi connectivity index (χ1n) is 6.36. The fourth-order valence-corrected chi connectivity index (χ4v) is 2.43. The van der Waals surface area contributed by atoms with Crippen LogP contribution in [0.2, 0.25) is 0 Å². The van der Waals surface area contributed by atoms with E-state index in [-0.39, 0.29) is 23.7 Å². The lowest BCUT2D eigenvalue weighted by atomic mass is 9.99. The third-order valence-electron chi connectivity index (χ3n) is 3.46. The first-order valence-corrected chi connectivity index (χ1v) is 6.36. The second kappa shape index (κ2) is 6.16. The SMILES string of the molecule is CNC(Cc1ccc(OC)c(F)c1)C1CCCO1. The van der Waals surface area contributed by atoms with Crippen LogP contribution >= 0.6 is 0 Å². The van der Waals surface area contributed by atoms with E-state index >= 15 is 0 Å². The monoisotopic (exact) mass is 253 g/mol. The summed E-state index contributed by atoms with van der Waals surface area (Å²) in [5, 5.41) is 3.26. The van der Waals surface area contributed by atoms with E-state index in [0.717, 1.165) is 31.4 Å². The first-order chi connectivity index (χ1) is 8.74. The lowest BCUT2D eigenvalue weighted by Gasteiger charge is -2.22. The van der Waals surface area contributed by atoms with Gasteiger partial charge < -0.3 is 14.8 Å². The fourth-order valence-electron chi connectivity index (χ4n) is 2.43. The highest BCUT2D eigenvalue weighted by Gasteiger charge is 2.24. The molecule has 0 radical (unpaired) electrons. The predicted molar refractivity (Wildman–Crippen MR) is 68.5 cm³/mol. The number of rotatable bonds is 5. The van der Waals surface area contributed by atoms with Crippen LogP contribution in [0.1, 0.15) is 18.4 Å². The maximum Gasteiger partial charge on any atom is 0.165 e. The molecule has 100 valence electrons. The van der Waals surface area contributed by atoms with Crippen molar-refractivity contribution in [1.82, 2.24) is 5.32 Å². The first kappa shape index (κ1) is 13.3. The van der Waals surface area contributed by atoms with Crippen molar-refractivity contribution >= 4 is 0 Å². The van der Waals surface area contributed by atoms with Gasteiger partial charge in [0.05, 0.1) is 13.2 Å². The number of benzene rings is 1. The molecule has 1 fully saturated rings. The molecule has 1 saturated heterocycles. The van der Waals surface area contributed by atoms with Crippen LogP contribution in [-0.4, -0.2) is 32.9 Å². The molecule has 1 aliphatic rings. The van der Waals surface area contributed by atoms with Crippen LogP contribution in [0.5, 0.6) is 5.75 Å². The van der Waals surface area contributed by atoms with E-state index in [0.29, 0.717) is 0 Å². The van der Waals surface area contributed by atoms with E-state index < -0.39 is 0 Å². The highest BCUT2D eigenvalue weighted by molar-refractivity contribution is 5.29. The van der Waals surface area contributed by atoms with E-state index in [1.807, 2.05) is 13.1 Å². The summed E-state index contributed by atoms with van der Waals surface area (Å²) in [5.74, 6) is -0.0194. The third-order valence-corrected chi connectivity index (χ3v) is 3.46. The number of likely N-dealkylation sites (N-methyl/N-ethyl adjacent to an activating group) is 1. The summed E-state index contributed by atoms with van der Waals surface area (Å²) in [6.45, 7) is 0.833. The molecule has 0 aliphatic carbocycles. The number of halogens is 1. The topological polar surface area (TPSA) is 30.5 Å². The minimum atomic E-state index is -0.308. The molecule has 2 rings (SSSR count). The van der Waals surface area contributed by atoms with Gasteiger partial charge in [0.15, 0.2) is 11.6 Å². The van der Waals surface area contributed by atoms with Gasteiger partial charge in [-0.1, -0.05) is 6.07 Å². The van der Waals surface area contributed by atoms with Crippen LogP contribution in [0.25, 0.3) is 0 Å². The predicted octanol–water partition coefficient (Wildman–Crippen LogP) is 2.14. The van der Waals surface area contributed by atoms with Crippen LogP contribution in [-0.2, 0) is 11.2 Å². The van der Waals surface area contributed by atoms with Crippen LogP contribution in [0.4, 0.5) is 4.39 Å². The van der Waals surface area contributed by atoms with Gasteiger partial charge in [-0.15, -0.1) is 0 Å². The molecule has 0 bridgehead atoms. The quantitative estimate of drug-likeness (QED) is 0.872. The zero-order chi connectivity index (χ0) is 13.0. The molecule has 1 aromatic rings. The molecule has 2 unspecified atom stereocenters. The average molecular weight is 253 g/mol. The molecule has 1 N–H and O–H groups in total. The molecule has 0 aromatic heterocycles. The smallest absolute Gasteiger partial charge is 0.165 e. The Labute approximate surface area is 107 Å². The van der Waals surface area contributed by atoms with Crippen molar-refractivity contribution in [3.8, 4) is 5.75 Å². The highest BCUT2D eigenvalue weighted by atomic mass is 19.1. The van der Waals surface area contributed by atoms with Gasteiger partial charge in [0.25, 0.3) is 0 Å². The van der Waals surface area contributed by atoms with Gasteiger partial charge in [0.1, 0.15) is 0 Å². The minimum Gasteiger partial charge on any atom is -0.494 e. The van der Waals surface area contributed by atoms with Crippen molar-refractivity contribution in [2.24, 2.45) is 0 Å². The molecule has 4 heteroatoms. The van der Waals surface area contributed by atoms with Crippen molar-refractivity contribution in [2.45, 2.75) is 31.4 Å². The van der Waals surface area contributed by atoms with E-state index in [1.165, 1.54) is 13.2 Å². The van der Waals surface area contributed by atoms with Crippen molar-refractivity contribution in [3.05, 3.63) is 29.6 Å². The lowest BCUT2D eigenvalue weighted by molar-refractivity contribution is 0.0808. The Hall–Kier alpha value is -1.13. The van der Waals surface area contributed by atoms with E-state index in [1.54, 1.807) is 6.07 Å². The summed E-state index contributed by atoms with van der Waals surface area (Å²) in [5.41, 5.74) is 0.961. The number of hydrogen-bond donors (Lipinski definition) is 1. The summed E-state index contributed by atoms with van der Waals surface area (Å²) in [6.07, 6.45) is 3.19. The Morgan fingerprint density at radius 3 is 2.94 bits per heavy atom. The Morgan fingerprint density at radius 2 is 2.39 bits per heavy atom. The maximum atomic E-state index is 13.6. The molecule has 2 atom stereocenters. The molecule has 0 amide bonds. The number of ether oxygens (including phenoxy) is 2. The number of nitrogens with one attached hydrogen (secondary N) is 1. The second-order valence-electron chi connectivity index (χ2n) is 4.62. The normalized spacial score (nSPS) is 20.9. The molecular formula is C14H20FNO2.